The molecule has 0 spiro atoms. The number of thioether (sulfide) groups is 1. The minimum absolute atomic E-state index is 0.0518. The summed E-state index contributed by atoms with van der Waals surface area (Å²) in [4.78, 5) is 21.7. The average Bonchev–Trinajstić information content (AvgIpc) is 2.09. The first-order chi connectivity index (χ1) is 6.75. The molecule has 4 N–H and O–H groups in total. The van der Waals surface area contributed by atoms with Gasteiger partial charge in [-0.25, -0.2) is 0 Å². The molecule has 0 heterocycles. The van der Waals surface area contributed by atoms with Crippen LogP contribution in [0.15, 0.2) is 0 Å². The van der Waals surface area contributed by atoms with Gasteiger partial charge in [-0.1, -0.05) is 20.8 Å². The van der Waals surface area contributed by atoms with E-state index < -0.39 is 17.4 Å². The van der Waals surface area contributed by atoms with E-state index in [1.807, 2.05) is 20.8 Å². The minimum atomic E-state index is -1.16. The van der Waals surface area contributed by atoms with Crippen molar-refractivity contribution in [2.45, 2.75) is 26.8 Å². The highest BCUT2D eigenvalue weighted by molar-refractivity contribution is 7.99. The van der Waals surface area contributed by atoms with E-state index in [2.05, 4.69) is 11.1 Å². The number of carboxylic acids is 1. The van der Waals surface area contributed by atoms with Crippen molar-refractivity contribution in [1.82, 2.24) is 5.32 Å². The van der Waals surface area contributed by atoms with Crippen molar-refractivity contribution < 1.29 is 20.4 Å². The van der Waals surface area contributed by atoms with E-state index in [9.17, 15) is 14.7 Å². The third kappa shape index (κ3) is 6.35. The van der Waals surface area contributed by atoms with Crippen molar-refractivity contribution in [3.8, 4) is 0 Å². The highest BCUT2D eigenvalue weighted by atomic mass is 32.2. The van der Waals surface area contributed by atoms with Crippen LogP contribution in [0.2, 0.25) is 0 Å². The number of carboxylic acid groups (broad SMARTS) is 1. The topological polar surface area (TPSA) is 96.9 Å². The van der Waals surface area contributed by atoms with Crippen molar-refractivity contribution in [3.63, 3.8) is 0 Å². The molecule has 0 saturated carbocycles. The van der Waals surface area contributed by atoms with Crippen LogP contribution in [0.25, 0.3) is 0 Å². The van der Waals surface area contributed by atoms with Crippen molar-refractivity contribution in [2.24, 2.45) is 5.41 Å². The molecule has 0 rings (SSSR count). The van der Waals surface area contributed by atoms with E-state index in [1.165, 1.54) is 11.8 Å². The number of carbonyl (C=O) groups is 2. The summed E-state index contributed by atoms with van der Waals surface area (Å²) in [7, 11) is 0. The maximum atomic E-state index is 11.4. The third-order valence-electron chi connectivity index (χ3n) is 1.67. The number of rotatable bonds is 5. The van der Waals surface area contributed by atoms with Crippen LogP contribution in [0.1, 0.15) is 20.8 Å². The van der Waals surface area contributed by atoms with Gasteiger partial charge in [0.2, 0.25) is 5.91 Å². The van der Waals surface area contributed by atoms with Crippen LogP contribution in [0.3, 0.4) is 0 Å². The molecule has 0 bridgehead atoms. The zero-order chi connectivity index (χ0) is 12.1. The molecule has 0 aromatic heterocycles. The minimum Gasteiger partial charge on any atom is -0.544 e. The molecular weight excluding hydrogens is 216 g/mol. The largest absolute Gasteiger partial charge is 0.544 e. The van der Waals surface area contributed by atoms with Gasteiger partial charge in [-0.2, -0.15) is 0 Å². The van der Waals surface area contributed by atoms with E-state index >= 15 is 0 Å². The molecular formula is C9H18N2O3S. The van der Waals surface area contributed by atoms with Crippen molar-refractivity contribution in [1.29, 1.82) is 0 Å². The number of carbonyl (C=O) groups excluding carboxylic acids is 2. The Bertz CT molecular complexity index is 238. The van der Waals surface area contributed by atoms with Gasteiger partial charge in [-0.15, -0.1) is 11.8 Å². The van der Waals surface area contributed by atoms with E-state index in [1.54, 1.807) is 0 Å². The first-order valence-corrected chi connectivity index (χ1v) is 5.80. The zero-order valence-corrected chi connectivity index (χ0v) is 10.1. The molecule has 0 aliphatic rings. The summed E-state index contributed by atoms with van der Waals surface area (Å²) in [6.07, 6.45) is 0. The number of aliphatic carboxylic acids is 1. The molecule has 1 amide bonds. The summed E-state index contributed by atoms with van der Waals surface area (Å²) < 4.78 is 0. The first kappa shape index (κ1) is 14.2. The Morgan fingerprint density at radius 1 is 1.47 bits per heavy atom. The van der Waals surface area contributed by atoms with Gasteiger partial charge >= 0.3 is 0 Å². The van der Waals surface area contributed by atoms with Crippen LogP contribution in [0.4, 0.5) is 0 Å². The standard InChI is InChI=1S/C9H18N2O3S/c1-9(2,3)8(14)11-5-15-4-6(10)7(12)13/h6H,4-5,10H2,1-3H3,(H,11,14)(H,12,13)/t6-/m1/s1. The number of nitrogens with one attached hydrogen (secondary N) is 1. The number of hydrogen-bond acceptors (Lipinski definition) is 4. The fourth-order valence-corrected chi connectivity index (χ4v) is 1.42. The Hall–Kier alpha value is -0.750. The zero-order valence-electron chi connectivity index (χ0n) is 9.33. The molecule has 1 atom stereocenters. The maximum Gasteiger partial charge on any atom is 0.226 e. The van der Waals surface area contributed by atoms with Gasteiger partial charge in [0.05, 0.1) is 17.6 Å². The van der Waals surface area contributed by atoms with Crippen LogP contribution in [0, 0.1) is 5.41 Å². The van der Waals surface area contributed by atoms with E-state index in [0.29, 0.717) is 11.6 Å². The second-order valence-corrected chi connectivity index (χ2v) is 5.32. The van der Waals surface area contributed by atoms with Gasteiger partial charge in [0.25, 0.3) is 0 Å². The van der Waals surface area contributed by atoms with E-state index in [0.717, 1.165) is 0 Å². The fourth-order valence-electron chi connectivity index (χ4n) is 0.651. The molecule has 0 fully saturated rings. The van der Waals surface area contributed by atoms with Crippen LogP contribution in [-0.4, -0.2) is 29.5 Å². The van der Waals surface area contributed by atoms with Crippen LogP contribution in [0.5, 0.6) is 0 Å². The molecule has 5 nitrogen and oxygen atoms in total. The maximum absolute atomic E-state index is 11.4. The summed E-state index contributed by atoms with van der Waals surface area (Å²) >= 11 is 1.32. The predicted molar refractivity (Wildman–Crippen MR) is 56.6 cm³/mol. The van der Waals surface area contributed by atoms with E-state index in [4.69, 9.17) is 0 Å². The molecule has 0 radical (unpaired) electrons. The van der Waals surface area contributed by atoms with Gasteiger partial charge < -0.3 is 21.0 Å². The fraction of sp³-hybridized carbons (Fsp3) is 0.778. The summed E-state index contributed by atoms with van der Waals surface area (Å²) in [6, 6.07) is -0.735. The average molecular weight is 234 g/mol. The van der Waals surface area contributed by atoms with Gasteiger partial charge in [0.15, 0.2) is 0 Å². The summed E-state index contributed by atoms with van der Waals surface area (Å²) in [5, 5.41) is 13.0. The monoisotopic (exact) mass is 234 g/mol. The number of hydrogen-bond donors (Lipinski definition) is 2. The molecule has 6 heteroatoms. The lowest BCUT2D eigenvalue weighted by Gasteiger charge is -2.17. The highest BCUT2D eigenvalue weighted by Crippen LogP contribution is 2.12. The van der Waals surface area contributed by atoms with Crippen molar-refractivity contribution in [3.05, 3.63) is 0 Å². The number of quaternary nitrogens is 1. The molecule has 0 aliphatic carbocycles. The summed E-state index contributed by atoms with van der Waals surface area (Å²) in [5.74, 6) is -0.476. The van der Waals surface area contributed by atoms with E-state index in [-0.39, 0.29) is 5.91 Å². The Morgan fingerprint density at radius 2 is 2.00 bits per heavy atom. The SMILES string of the molecule is CC(C)(C)C(=O)NCSC[C@@H]([NH3+])C(=O)[O-]. The Kier molecular flexibility index (Phi) is 5.67. The second kappa shape index (κ2) is 5.97. The van der Waals surface area contributed by atoms with Crippen LogP contribution in [-0.2, 0) is 9.59 Å². The third-order valence-corrected chi connectivity index (χ3v) is 2.65. The molecule has 15 heavy (non-hydrogen) atoms. The lowest BCUT2D eigenvalue weighted by Crippen LogP contribution is -2.69. The van der Waals surface area contributed by atoms with Crippen molar-refractivity contribution in [2.75, 3.05) is 11.6 Å². The normalized spacial score (nSPS) is 13.3. The molecule has 0 aliphatic heterocycles. The summed E-state index contributed by atoms with van der Waals surface area (Å²) in [6.45, 7) is 5.45. The van der Waals surface area contributed by atoms with Crippen LogP contribution < -0.4 is 16.2 Å². The van der Waals surface area contributed by atoms with Crippen molar-refractivity contribution >= 4 is 23.6 Å². The molecule has 0 unspecified atom stereocenters. The lowest BCUT2D eigenvalue weighted by molar-refractivity contribution is -0.431. The lowest BCUT2D eigenvalue weighted by atomic mass is 9.96. The highest BCUT2D eigenvalue weighted by Gasteiger charge is 2.20. The molecule has 0 aromatic rings. The first-order valence-electron chi connectivity index (χ1n) is 4.65. The Morgan fingerprint density at radius 3 is 2.40 bits per heavy atom. The smallest absolute Gasteiger partial charge is 0.226 e. The molecule has 88 valence electrons. The Balaban J connectivity index is 3.64. The van der Waals surface area contributed by atoms with Gasteiger partial charge in [-0.05, 0) is 0 Å². The van der Waals surface area contributed by atoms with Crippen LogP contribution >= 0.6 is 11.8 Å². The van der Waals surface area contributed by atoms with Gasteiger partial charge in [0, 0.05) is 5.41 Å². The van der Waals surface area contributed by atoms with Gasteiger partial charge in [0.1, 0.15) is 6.04 Å². The molecule has 0 aromatic carbocycles. The quantitative estimate of drug-likeness (QED) is 0.433. The number of amides is 1. The van der Waals surface area contributed by atoms with Gasteiger partial charge in [-0.3, -0.25) is 4.79 Å². The molecule has 0 saturated heterocycles. The predicted octanol–water partition coefficient (Wildman–Crippen LogP) is -1.80. The Labute approximate surface area is 93.8 Å². The summed E-state index contributed by atoms with van der Waals surface area (Å²) in [5.41, 5.74) is 2.99. The second-order valence-electron chi connectivity index (χ2n) is 4.29.